The van der Waals surface area contributed by atoms with Crippen molar-refractivity contribution in [3.8, 4) is 0 Å². The molecule has 6 heteroatoms. The predicted octanol–water partition coefficient (Wildman–Crippen LogP) is 2.74. The summed E-state index contributed by atoms with van der Waals surface area (Å²) in [6.07, 6.45) is 12.3. The van der Waals surface area contributed by atoms with Gasteiger partial charge in [0.25, 0.3) is 0 Å². The Labute approximate surface area is 157 Å². The van der Waals surface area contributed by atoms with Gasteiger partial charge in [-0.05, 0) is 24.3 Å². The zero-order chi connectivity index (χ0) is 16.9. The summed E-state index contributed by atoms with van der Waals surface area (Å²) < 4.78 is 1.82. The molecule has 0 radical (unpaired) electrons. The minimum Gasteiger partial charge on any atom is -0.338 e. The van der Waals surface area contributed by atoms with E-state index in [-0.39, 0.29) is 30.2 Å². The smallest absolute Gasteiger partial charge is 0.227 e. The van der Waals surface area contributed by atoms with Crippen LogP contribution < -0.4 is 5.32 Å². The highest BCUT2D eigenvalue weighted by Gasteiger charge is 2.37. The lowest BCUT2D eigenvalue weighted by molar-refractivity contribution is -0.135. The Morgan fingerprint density at radius 2 is 2.16 bits per heavy atom. The van der Waals surface area contributed by atoms with Crippen LogP contribution in [0.4, 0.5) is 0 Å². The van der Waals surface area contributed by atoms with E-state index in [0.29, 0.717) is 12.5 Å². The van der Waals surface area contributed by atoms with Crippen molar-refractivity contribution in [1.82, 2.24) is 20.0 Å². The van der Waals surface area contributed by atoms with Gasteiger partial charge in [-0.25, -0.2) is 0 Å². The number of carbonyl (C=O) groups is 1. The number of hydrogen-bond donors (Lipinski definition) is 1. The van der Waals surface area contributed by atoms with Gasteiger partial charge in [-0.3, -0.25) is 9.48 Å². The number of rotatable bonds is 6. The first-order valence-electron chi connectivity index (χ1n) is 9.28. The summed E-state index contributed by atoms with van der Waals surface area (Å²) in [6.45, 7) is 7.02. The monoisotopic (exact) mass is 366 g/mol. The van der Waals surface area contributed by atoms with E-state index in [0.717, 1.165) is 25.2 Å². The molecule has 0 bridgehead atoms. The lowest BCUT2D eigenvalue weighted by Crippen LogP contribution is -2.42. The van der Waals surface area contributed by atoms with Gasteiger partial charge in [-0.15, -0.1) is 19.0 Å². The third-order valence-corrected chi connectivity index (χ3v) is 5.55. The third kappa shape index (κ3) is 4.85. The van der Waals surface area contributed by atoms with E-state index >= 15 is 0 Å². The van der Waals surface area contributed by atoms with Gasteiger partial charge in [0.1, 0.15) is 0 Å². The normalized spacial score (nSPS) is 23.9. The molecule has 1 aromatic heterocycles. The maximum atomic E-state index is 13.2. The summed E-state index contributed by atoms with van der Waals surface area (Å²) in [4.78, 5) is 15.3. The van der Waals surface area contributed by atoms with Gasteiger partial charge in [-0.1, -0.05) is 25.3 Å². The van der Waals surface area contributed by atoms with Crippen LogP contribution in [0.1, 0.15) is 43.6 Å². The van der Waals surface area contributed by atoms with Crippen LogP contribution in [0, 0.1) is 11.8 Å². The van der Waals surface area contributed by atoms with Crippen molar-refractivity contribution in [3.63, 3.8) is 0 Å². The van der Waals surface area contributed by atoms with E-state index in [4.69, 9.17) is 0 Å². The number of halogens is 1. The van der Waals surface area contributed by atoms with Gasteiger partial charge in [0.2, 0.25) is 5.91 Å². The van der Waals surface area contributed by atoms with Crippen molar-refractivity contribution in [2.24, 2.45) is 18.9 Å². The fourth-order valence-electron chi connectivity index (χ4n) is 4.25. The topological polar surface area (TPSA) is 50.2 Å². The van der Waals surface area contributed by atoms with Gasteiger partial charge < -0.3 is 10.2 Å². The molecule has 1 saturated carbocycles. The summed E-state index contributed by atoms with van der Waals surface area (Å²) in [7, 11) is 1.93. The minimum atomic E-state index is 0. The Bertz CT molecular complexity index is 568. The predicted molar refractivity (Wildman–Crippen MR) is 103 cm³/mol. The van der Waals surface area contributed by atoms with Crippen molar-refractivity contribution in [1.29, 1.82) is 0 Å². The number of aryl methyl sites for hydroxylation is 1. The number of nitrogens with one attached hydrogen (secondary N) is 1. The Morgan fingerprint density at radius 1 is 1.40 bits per heavy atom. The zero-order valence-corrected chi connectivity index (χ0v) is 16.0. The molecular formula is C19H31ClN4O. The molecule has 1 N–H and O–H groups in total. The number of amides is 1. The average molecular weight is 367 g/mol. The molecule has 25 heavy (non-hydrogen) atoms. The van der Waals surface area contributed by atoms with E-state index in [2.05, 4.69) is 17.0 Å². The molecule has 1 aliphatic carbocycles. The van der Waals surface area contributed by atoms with Crippen molar-refractivity contribution in [3.05, 3.63) is 30.6 Å². The Morgan fingerprint density at radius 3 is 2.80 bits per heavy atom. The van der Waals surface area contributed by atoms with Crippen molar-refractivity contribution in [2.75, 3.05) is 26.2 Å². The number of aromatic nitrogens is 2. The molecule has 2 heterocycles. The van der Waals surface area contributed by atoms with Gasteiger partial charge in [-0.2, -0.15) is 5.10 Å². The lowest BCUT2D eigenvalue weighted by atomic mass is 9.87. The fourth-order valence-corrected chi connectivity index (χ4v) is 4.25. The Kier molecular flexibility index (Phi) is 7.51. The number of carbonyl (C=O) groups excluding carboxylic acids is 1. The molecule has 1 amide bonds. The van der Waals surface area contributed by atoms with Crippen LogP contribution in [0.3, 0.4) is 0 Å². The van der Waals surface area contributed by atoms with Gasteiger partial charge in [0.05, 0.1) is 12.1 Å². The van der Waals surface area contributed by atoms with Gasteiger partial charge in [0.15, 0.2) is 0 Å². The highest BCUT2D eigenvalue weighted by Crippen LogP contribution is 2.31. The summed E-state index contributed by atoms with van der Waals surface area (Å²) in [5.41, 5.74) is 1.16. The first-order chi connectivity index (χ1) is 11.7. The second-order valence-corrected chi connectivity index (χ2v) is 7.35. The quantitative estimate of drug-likeness (QED) is 0.787. The van der Waals surface area contributed by atoms with Crippen LogP contribution in [-0.2, 0) is 11.8 Å². The average Bonchev–Trinajstić information content (AvgIpc) is 3.23. The highest BCUT2D eigenvalue weighted by atomic mass is 35.5. The van der Waals surface area contributed by atoms with Crippen LogP contribution in [0.2, 0.25) is 0 Å². The SMILES string of the molecule is C=CCN(CC1CCCCC1)C(=O)[C@H]1CNC[C@@H]1c1cnn(C)c1.Cl. The Balaban J connectivity index is 0.00000225. The highest BCUT2D eigenvalue weighted by molar-refractivity contribution is 5.85. The van der Waals surface area contributed by atoms with E-state index < -0.39 is 0 Å². The molecule has 0 unspecified atom stereocenters. The largest absolute Gasteiger partial charge is 0.338 e. The second kappa shape index (κ2) is 9.39. The van der Waals surface area contributed by atoms with E-state index in [1.165, 1.54) is 32.1 Å². The Hall–Kier alpha value is -1.33. The molecule has 2 aliphatic rings. The minimum absolute atomic E-state index is 0. The fraction of sp³-hybridized carbons (Fsp3) is 0.684. The molecule has 1 saturated heterocycles. The molecule has 0 aromatic carbocycles. The zero-order valence-electron chi connectivity index (χ0n) is 15.2. The molecule has 140 valence electrons. The maximum Gasteiger partial charge on any atom is 0.227 e. The summed E-state index contributed by atoms with van der Waals surface area (Å²) >= 11 is 0. The van der Waals surface area contributed by atoms with Crippen LogP contribution in [0.5, 0.6) is 0 Å². The van der Waals surface area contributed by atoms with Gasteiger partial charge >= 0.3 is 0 Å². The van der Waals surface area contributed by atoms with Crippen molar-refractivity contribution >= 4 is 18.3 Å². The van der Waals surface area contributed by atoms with Crippen LogP contribution in [0.15, 0.2) is 25.0 Å². The molecule has 1 aromatic rings. The van der Waals surface area contributed by atoms with Gasteiger partial charge in [0, 0.05) is 45.3 Å². The van der Waals surface area contributed by atoms with Crippen LogP contribution >= 0.6 is 12.4 Å². The van der Waals surface area contributed by atoms with Crippen molar-refractivity contribution in [2.45, 2.75) is 38.0 Å². The van der Waals surface area contributed by atoms with Crippen LogP contribution in [0.25, 0.3) is 0 Å². The van der Waals surface area contributed by atoms with Crippen molar-refractivity contribution < 1.29 is 4.79 Å². The maximum absolute atomic E-state index is 13.2. The molecule has 5 nitrogen and oxygen atoms in total. The van der Waals surface area contributed by atoms with E-state index in [1.807, 2.05) is 35.1 Å². The number of hydrogen-bond acceptors (Lipinski definition) is 3. The third-order valence-electron chi connectivity index (χ3n) is 5.55. The summed E-state index contributed by atoms with van der Waals surface area (Å²) in [6, 6.07) is 0. The molecule has 2 fully saturated rings. The summed E-state index contributed by atoms with van der Waals surface area (Å²) in [5, 5.41) is 7.68. The van der Waals surface area contributed by atoms with E-state index in [1.54, 1.807) is 0 Å². The molecular weight excluding hydrogens is 336 g/mol. The molecule has 3 rings (SSSR count). The first kappa shape index (κ1) is 20.0. The standard InChI is InChI=1S/C19H30N4O.ClH/c1-3-9-23(13-15-7-5-4-6-8-15)19(24)18-12-20-11-17(18)16-10-21-22(2)14-16;/h3,10,14-15,17-18,20H,1,4-9,11-13H2,2H3;1H/t17-,18+;/m1./s1. The number of nitrogens with zero attached hydrogens (tertiary/aromatic N) is 3. The lowest BCUT2D eigenvalue weighted by Gasteiger charge is -2.32. The van der Waals surface area contributed by atoms with Crippen LogP contribution in [-0.4, -0.2) is 46.8 Å². The molecule has 1 aliphatic heterocycles. The second-order valence-electron chi connectivity index (χ2n) is 7.35. The molecule has 2 atom stereocenters. The summed E-state index contributed by atoms with van der Waals surface area (Å²) in [5.74, 6) is 1.18. The first-order valence-corrected chi connectivity index (χ1v) is 9.28. The van der Waals surface area contributed by atoms with E-state index in [9.17, 15) is 4.79 Å². The molecule has 0 spiro atoms.